The molecule has 4 nitrogen and oxygen atoms in total. The van der Waals surface area contributed by atoms with Gasteiger partial charge in [0, 0.05) is 0 Å². The van der Waals surface area contributed by atoms with Crippen LogP contribution >= 0.6 is 0 Å². The van der Waals surface area contributed by atoms with Crippen molar-refractivity contribution in [2.24, 2.45) is 11.8 Å². The molecule has 0 saturated carbocycles. The minimum Gasteiger partial charge on any atom is -0.465 e. The number of carbonyl (C=O) groups is 2. The third-order valence-corrected chi connectivity index (χ3v) is 3.68. The number of hydrogen-bond acceptors (Lipinski definition) is 4. The molecule has 3 atom stereocenters. The fraction of sp³-hybridized carbons (Fsp3) is 0.875. The average Bonchev–Trinajstić information content (AvgIpc) is 2.47. The van der Waals surface area contributed by atoms with E-state index in [0.717, 1.165) is 32.1 Å². The molecule has 0 heterocycles. The zero-order chi connectivity index (χ0) is 15.5. The molecule has 20 heavy (non-hydrogen) atoms. The van der Waals surface area contributed by atoms with E-state index in [1.807, 2.05) is 34.6 Å². The maximum atomic E-state index is 11.7. The van der Waals surface area contributed by atoms with Gasteiger partial charge in [-0.1, -0.05) is 34.6 Å². The second-order valence-corrected chi connectivity index (χ2v) is 5.40. The lowest BCUT2D eigenvalue weighted by Crippen LogP contribution is -2.23. The Hall–Kier alpha value is -1.06. The van der Waals surface area contributed by atoms with Crippen molar-refractivity contribution in [1.82, 2.24) is 0 Å². The number of rotatable bonds is 10. The molecule has 0 spiro atoms. The molecule has 0 N–H and O–H groups in total. The summed E-state index contributed by atoms with van der Waals surface area (Å²) in [6, 6.07) is 0. The normalized spacial score (nSPS) is 15.2. The Morgan fingerprint density at radius 2 is 1.45 bits per heavy atom. The lowest BCUT2D eigenvalue weighted by Gasteiger charge is -2.18. The van der Waals surface area contributed by atoms with Crippen molar-refractivity contribution < 1.29 is 19.1 Å². The van der Waals surface area contributed by atoms with Crippen molar-refractivity contribution in [1.29, 1.82) is 0 Å². The SMILES string of the molecule is CCC(CCCOC(=O)C(C)CC)OC(=O)C(C)CC. The van der Waals surface area contributed by atoms with Gasteiger partial charge in [-0.2, -0.15) is 0 Å². The molecule has 4 heteroatoms. The Kier molecular flexibility index (Phi) is 10.1. The highest BCUT2D eigenvalue weighted by Gasteiger charge is 2.17. The van der Waals surface area contributed by atoms with Crippen molar-refractivity contribution in [2.45, 2.75) is 72.8 Å². The average molecular weight is 286 g/mol. The van der Waals surface area contributed by atoms with Gasteiger partial charge in [0.2, 0.25) is 0 Å². The molecule has 0 amide bonds. The Morgan fingerprint density at radius 3 is 1.95 bits per heavy atom. The Labute approximate surface area is 123 Å². The molecule has 0 bridgehead atoms. The number of ether oxygens (including phenoxy) is 2. The van der Waals surface area contributed by atoms with Crippen molar-refractivity contribution >= 4 is 11.9 Å². The summed E-state index contributed by atoms with van der Waals surface area (Å²) in [5.74, 6) is -0.361. The predicted molar refractivity (Wildman–Crippen MR) is 79.3 cm³/mol. The first kappa shape index (κ1) is 18.9. The van der Waals surface area contributed by atoms with Crippen LogP contribution in [0, 0.1) is 11.8 Å². The summed E-state index contributed by atoms with van der Waals surface area (Å²) in [6.07, 6.45) is 3.78. The topological polar surface area (TPSA) is 52.6 Å². The summed E-state index contributed by atoms with van der Waals surface area (Å²) in [5.41, 5.74) is 0. The van der Waals surface area contributed by atoms with Gasteiger partial charge in [0.1, 0.15) is 6.10 Å². The van der Waals surface area contributed by atoms with Crippen molar-refractivity contribution in [3.8, 4) is 0 Å². The Morgan fingerprint density at radius 1 is 0.900 bits per heavy atom. The summed E-state index contributed by atoms with van der Waals surface area (Å²) >= 11 is 0. The van der Waals surface area contributed by atoms with E-state index in [0.29, 0.717) is 6.61 Å². The summed E-state index contributed by atoms with van der Waals surface area (Å²) < 4.78 is 10.6. The lowest BCUT2D eigenvalue weighted by molar-refractivity contribution is -0.155. The van der Waals surface area contributed by atoms with Crippen LogP contribution in [0.5, 0.6) is 0 Å². The van der Waals surface area contributed by atoms with Crippen LogP contribution in [0.1, 0.15) is 66.7 Å². The second-order valence-electron chi connectivity index (χ2n) is 5.40. The van der Waals surface area contributed by atoms with Crippen LogP contribution in [0.25, 0.3) is 0 Å². The quantitative estimate of drug-likeness (QED) is 0.453. The third kappa shape index (κ3) is 7.51. The maximum absolute atomic E-state index is 11.7. The number of carbonyl (C=O) groups excluding carboxylic acids is 2. The van der Waals surface area contributed by atoms with Gasteiger partial charge in [-0.25, -0.2) is 0 Å². The van der Waals surface area contributed by atoms with Crippen LogP contribution < -0.4 is 0 Å². The van der Waals surface area contributed by atoms with E-state index in [1.165, 1.54) is 0 Å². The molecular formula is C16H30O4. The first-order chi connectivity index (χ1) is 9.46. The highest BCUT2D eigenvalue weighted by atomic mass is 16.5. The molecule has 3 unspecified atom stereocenters. The molecule has 0 saturated heterocycles. The molecule has 0 aromatic heterocycles. The van der Waals surface area contributed by atoms with E-state index in [1.54, 1.807) is 0 Å². The van der Waals surface area contributed by atoms with Crippen LogP contribution in [-0.2, 0) is 19.1 Å². The molecule has 0 aromatic rings. The van der Waals surface area contributed by atoms with Crippen molar-refractivity contribution in [3.63, 3.8) is 0 Å². The van der Waals surface area contributed by atoms with Gasteiger partial charge in [0.05, 0.1) is 18.4 Å². The number of hydrogen-bond donors (Lipinski definition) is 0. The summed E-state index contributed by atoms with van der Waals surface area (Å²) in [6.45, 7) is 10.1. The molecule has 0 rings (SSSR count). The summed E-state index contributed by atoms with van der Waals surface area (Å²) in [7, 11) is 0. The minimum absolute atomic E-state index is 0.0415. The van der Waals surface area contributed by atoms with E-state index >= 15 is 0 Å². The standard InChI is InChI=1S/C16H30O4/c1-6-12(4)15(17)19-11-9-10-14(8-3)20-16(18)13(5)7-2/h12-14H,6-11H2,1-5H3. The van der Waals surface area contributed by atoms with Gasteiger partial charge in [-0.05, 0) is 32.1 Å². The predicted octanol–water partition coefficient (Wildman–Crippen LogP) is 3.72. The van der Waals surface area contributed by atoms with Crippen LogP contribution in [-0.4, -0.2) is 24.6 Å². The maximum Gasteiger partial charge on any atom is 0.308 e. The number of esters is 2. The molecular weight excluding hydrogens is 256 g/mol. The van der Waals surface area contributed by atoms with Gasteiger partial charge in [0.15, 0.2) is 0 Å². The van der Waals surface area contributed by atoms with E-state index in [9.17, 15) is 9.59 Å². The fourth-order valence-electron chi connectivity index (χ4n) is 1.59. The molecule has 0 aliphatic rings. The van der Waals surface area contributed by atoms with Crippen molar-refractivity contribution in [2.75, 3.05) is 6.61 Å². The van der Waals surface area contributed by atoms with Gasteiger partial charge in [0.25, 0.3) is 0 Å². The highest BCUT2D eigenvalue weighted by Crippen LogP contribution is 2.12. The second kappa shape index (κ2) is 10.7. The molecule has 0 aliphatic carbocycles. The highest BCUT2D eigenvalue weighted by molar-refractivity contribution is 5.72. The van der Waals surface area contributed by atoms with E-state index < -0.39 is 0 Å². The molecule has 0 aliphatic heterocycles. The third-order valence-electron chi connectivity index (χ3n) is 3.68. The summed E-state index contributed by atoms with van der Waals surface area (Å²) in [4.78, 5) is 23.2. The Bertz CT molecular complexity index is 288. The molecule has 0 radical (unpaired) electrons. The van der Waals surface area contributed by atoms with Gasteiger partial charge in [-0.15, -0.1) is 0 Å². The minimum atomic E-state index is -0.142. The summed E-state index contributed by atoms with van der Waals surface area (Å²) in [5, 5.41) is 0. The van der Waals surface area contributed by atoms with Crippen molar-refractivity contribution in [3.05, 3.63) is 0 Å². The van der Waals surface area contributed by atoms with E-state index in [-0.39, 0.29) is 29.9 Å². The van der Waals surface area contributed by atoms with Crippen LogP contribution in [0.2, 0.25) is 0 Å². The molecule has 0 aromatic carbocycles. The fourth-order valence-corrected chi connectivity index (χ4v) is 1.59. The smallest absolute Gasteiger partial charge is 0.308 e. The van der Waals surface area contributed by atoms with Gasteiger partial charge in [-0.3, -0.25) is 9.59 Å². The van der Waals surface area contributed by atoms with E-state index in [4.69, 9.17) is 9.47 Å². The largest absolute Gasteiger partial charge is 0.465 e. The lowest BCUT2D eigenvalue weighted by atomic mass is 10.1. The zero-order valence-electron chi connectivity index (χ0n) is 13.6. The Balaban J connectivity index is 3.91. The van der Waals surface area contributed by atoms with Crippen LogP contribution in [0.3, 0.4) is 0 Å². The van der Waals surface area contributed by atoms with Crippen LogP contribution in [0.4, 0.5) is 0 Å². The zero-order valence-corrected chi connectivity index (χ0v) is 13.6. The molecule has 118 valence electrons. The van der Waals surface area contributed by atoms with Crippen LogP contribution in [0.15, 0.2) is 0 Å². The first-order valence-corrected chi connectivity index (χ1v) is 7.83. The van der Waals surface area contributed by atoms with Gasteiger partial charge >= 0.3 is 11.9 Å². The molecule has 0 fully saturated rings. The first-order valence-electron chi connectivity index (χ1n) is 7.83. The van der Waals surface area contributed by atoms with E-state index in [2.05, 4.69) is 0 Å². The monoisotopic (exact) mass is 286 g/mol. The van der Waals surface area contributed by atoms with Gasteiger partial charge < -0.3 is 9.47 Å².